The number of aliphatic imine (C=N–C) groups is 1. The summed E-state index contributed by atoms with van der Waals surface area (Å²) in [7, 11) is 0. The molecule has 2 fully saturated rings. The number of hydrazine groups is 2. The molecule has 0 spiro atoms. The van der Waals surface area contributed by atoms with Gasteiger partial charge < -0.3 is 10.6 Å². The van der Waals surface area contributed by atoms with Gasteiger partial charge in [0.1, 0.15) is 12.0 Å². The van der Waals surface area contributed by atoms with Gasteiger partial charge in [0.25, 0.3) is 5.91 Å². The molecule has 33 heavy (non-hydrogen) atoms. The third-order valence-electron chi connectivity index (χ3n) is 5.77. The van der Waals surface area contributed by atoms with Crippen LogP contribution in [0.4, 0.5) is 13.2 Å². The first-order valence-electron chi connectivity index (χ1n) is 10.7. The number of rotatable bonds is 4. The number of benzene rings is 2. The van der Waals surface area contributed by atoms with Gasteiger partial charge in [0.05, 0.1) is 6.04 Å². The van der Waals surface area contributed by atoms with E-state index in [0.29, 0.717) is 12.0 Å². The molecule has 0 aromatic heterocycles. The highest BCUT2D eigenvalue weighted by molar-refractivity contribution is 6.30. The maximum Gasteiger partial charge on any atom is 0.280 e. The van der Waals surface area contributed by atoms with Crippen LogP contribution in [0.25, 0.3) is 0 Å². The van der Waals surface area contributed by atoms with Gasteiger partial charge in [-0.25, -0.2) is 18.6 Å². The van der Waals surface area contributed by atoms with E-state index in [2.05, 4.69) is 21.1 Å². The molecule has 7 nitrogen and oxygen atoms in total. The van der Waals surface area contributed by atoms with Crippen molar-refractivity contribution in [2.45, 2.75) is 50.4 Å². The van der Waals surface area contributed by atoms with Crippen molar-refractivity contribution in [2.75, 3.05) is 0 Å². The van der Waals surface area contributed by atoms with Gasteiger partial charge in [0.15, 0.2) is 11.6 Å². The summed E-state index contributed by atoms with van der Waals surface area (Å²) >= 11 is 5.97. The van der Waals surface area contributed by atoms with Crippen molar-refractivity contribution in [3.8, 4) is 0 Å². The van der Waals surface area contributed by atoms with Gasteiger partial charge in [0, 0.05) is 23.0 Å². The fraction of sp³-hybridized carbons (Fsp3) is 0.364. The average Bonchev–Trinajstić information content (AvgIpc) is 3.39. The summed E-state index contributed by atoms with van der Waals surface area (Å²) < 4.78 is 40.6. The van der Waals surface area contributed by atoms with Crippen LogP contribution < -0.4 is 21.9 Å². The topological polar surface area (TPSA) is 94.8 Å². The van der Waals surface area contributed by atoms with Crippen molar-refractivity contribution in [2.24, 2.45) is 10.8 Å². The SMILES string of the molecule is NN1NC(c2cc(F)cc(Cl)c2)CC1N/C(=N\C(=O)c1ccc(F)c(F)c1)NC1CCCC1. The molecule has 176 valence electrons. The van der Waals surface area contributed by atoms with Crippen molar-refractivity contribution in [3.63, 3.8) is 0 Å². The molecule has 4 rings (SSSR count). The lowest BCUT2D eigenvalue weighted by atomic mass is 10.0. The molecule has 0 radical (unpaired) electrons. The average molecular weight is 481 g/mol. The zero-order valence-electron chi connectivity index (χ0n) is 17.6. The van der Waals surface area contributed by atoms with E-state index in [4.69, 9.17) is 17.4 Å². The van der Waals surface area contributed by atoms with Gasteiger partial charge in [-0.05, 0) is 54.8 Å². The van der Waals surface area contributed by atoms with Crippen molar-refractivity contribution < 1.29 is 18.0 Å². The third-order valence-corrected chi connectivity index (χ3v) is 5.98. The van der Waals surface area contributed by atoms with E-state index in [9.17, 15) is 18.0 Å². The zero-order chi connectivity index (χ0) is 23.5. The van der Waals surface area contributed by atoms with E-state index in [-0.39, 0.29) is 28.6 Å². The molecule has 1 saturated carbocycles. The van der Waals surface area contributed by atoms with Gasteiger partial charge >= 0.3 is 0 Å². The first-order valence-corrected chi connectivity index (χ1v) is 11.0. The first-order chi connectivity index (χ1) is 15.8. The Bertz CT molecular complexity index is 1040. The summed E-state index contributed by atoms with van der Waals surface area (Å²) in [4.78, 5) is 16.7. The molecule has 11 heteroatoms. The molecule has 2 unspecified atom stereocenters. The molecular weight excluding hydrogens is 457 g/mol. The number of nitrogens with two attached hydrogens (primary N) is 1. The van der Waals surface area contributed by atoms with Gasteiger partial charge in [-0.1, -0.05) is 24.4 Å². The lowest BCUT2D eigenvalue weighted by molar-refractivity contribution is 0.100. The third kappa shape index (κ3) is 5.83. The van der Waals surface area contributed by atoms with Crippen LogP contribution in [0.2, 0.25) is 5.02 Å². The monoisotopic (exact) mass is 480 g/mol. The molecule has 2 atom stereocenters. The Morgan fingerprint density at radius 3 is 2.55 bits per heavy atom. The first kappa shape index (κ1) is 23.5. The maximum atomic E-state index is 13.8. The summed E-state index contributed by atoms with van der Waals surface area (Å²) in [6.45, 7) is 0. The number of guanidine groups is 1. The number of nitrogens with zero attached hydrogens (tertiary/aromatic N) is 2. The molecule has 2 aliphatic rings. The van der Waals surface area contributed by atoms with Crippen molar-refractivity contribution in [1.29, 1.82) is 0 Å². The summed E-state index contributed by atoms with van der Waals surface area (Å²) in [6.07, 6.45) is 3.86. The van der Waals surface area contributed by atoms with Gasteiger partial charge in [-0.15, -0.1) is 0 Å². The number of hydrogen-bond donors (Lipinski definition) is 4. The van der Waals surface area contributed by atoms with Crippen LogP contribution in [-0.4, -0.2) is 29.2 Å². The molecule has 1 saturated heterocycles. The van der Waals surface area contributed by atoms with E-state index in [1.165, 1.54) is 23.3 Å². The Balaban J connectivity index is 1.52. The largest absolute Gasteiger partial charge is 0.353 e. The van der Waals surface area contributed by atoms with Gasteiger partial charge in [-0.3, -0.25) is 10.6 Å². The normalized spacial score (nSPS) is 22.0. The summed E-state index contributed by atoms with van der Waals surface area (Å²) in [5.41, 5.74) is 3.58. The maximum absolute atomic E-state index is 13.8. The second-order valence-electron chi connectivity index (χ2n) is 8.21. The highest BCUT2D eigenvalue weighted by Gasteiger charge is 2.32. The van der Waals surface area contributed by atoms with Gasteiger partial charge in [0.2, 0.25) is 5.96 Å². The Morgan fingerprint density at radius 1 is 1.09 bits per heavy atom. The van der Waals surface area contributed by atoms with Crippen LogP contribution >= 0.6 is 11.6 Å². The molecule has 2 aromatic carbocycles. The van der Waals surface area contributed by atoms with E-state index < -0.39 is 29.5 Å². The van der Waals surface area contributed by atoms with Crippen LogP contribution in [0.3, 0.4) is 0 Å². The summed E-state index contributed by atoms with van der Waals surface area (Å²) in [6, 6.07) is 6.90. The Kier molecular flexibility index (Phi) is 7.18. The van der Waals surface area contributed by atoms with Crippen molar-refractivity contribution in [1.82, 2.24) is 21.2 Å². The molecule has 1 amide bonds. The van der Waals surface area contributed by atoms with Crippen LogP contribution in [0.5, 0.6) is 0 Å². The molecular formula is C22H24ClF3N6O. The van der Waals surface area contributed by atoms with Crippen molar-refractivity contribution >= 4 is 23.5 Å². The predicted molar refractivity (Wildman–Crippen MR) is 118 cm³/mol. The van der Waals surface area contributed by atoms with Gasteiger partial charge in [-0.2, -0.15) is 10.1 Å². The molecule has 1 aliphatic carbocycles. The fourth-order valence-corrected chi connectivity index (χ4v) is 4.33. The van der Waals surface area contributed by atoms with E-state index in [1.807, 2.05) is 0 Å². The predicted octanol–water partition coefficient (Wildman–Crippen LogP) is 3.53. The number of halogens is 4. The standard InChI is InChI=1S/C22H24ClF3N6O/c23-14-7-13(8-15(24)10-14)19-11-20(32(27)31-19)29-22(28-16-3-1-2-4-16)30-21(33)12-5-6-17(25)18(26)9-12/h5-10,16,19-20,31H,1-4,11,27H2,(H2,28,29,30,33). The lowest BCUT2D eigenvalue weighted by Gasteiger charge is -2.24. The van der Waals surface area contributed by atoms with Crippen LogP contribution in [0.1, 0.15) is 54.1 Å². The molecule has 1 heterocycles. The highest BCUT2D eigenvalue weighted by atomic mass is 35.5. The Morgan fingerprint density at radius 2 is 1.85 bits per heavy atom. The molecule has 1 aliphatic heterocycles. The summed E-state index contributed by atoms with van der Waals surface area (Å²) in [5.74, 6) is 2.91. The second kappa shape index (κ2) is 10.1. The second-order valence-corrected chi connectivity index (χ2v) is 8.64. The van der Waals surface area contributed by atoms with Crippen LogP contribution in [0.15, 0.2) is 41.4 Å². The minimum Gasteiger partial charge on any atom is -0.353 e. The quantitative estimate of drug-likeness (QED) is 0.304. The summed E-state index contributed by atoms with van der Waals surface area (Å²) in [5, 5.41) is 7.92. The molecule has 0 bridgehead atoms. The smallest absolute Gasteiger partial charge is 0.280 e. The number of amides is 1. The van der Waals surface area contributed by atoms with Crippen molar-refractivity contribution in [3.05, 3.63) is 70.0 Å². The van der Waals surface area contributed by atoms with Crippen LogP contribution in [-0.2, 0) is 0 Å². The van der Waals surface area contributed by atoms with E-state index in [1.54, 1.807) is 6.07 Å². The number of carbonyl (C=O) groups excluding carboxylic acids is 1. The molecule has 2 aromatic rings. The van der Waals surface area contributed by atoms with E-state index in [0.717, 1.165) is 37.8 Å². The Hall–Kier alpha value is -2.66. The van der Waals surface area contributed by atoms with E-state index >= 15 is 0 Å². The number of hydrogen-bond acceptors (Lipinski definition) is 4. The Labute approximate surface area is 194 Å². The van der Waals surface area contributed by atoms with Crippen LogP contribution in [0, 0.1) is 17.5 Å². The minimum absolute atomic E-state index is 0.0807. The molecule has 5 N–H and O–H groups in total. The number of nitrogens with one attached hydrogen (secondary N) is 3. The lowest BCUT2D eigenvalue weighted by Crippen LogP contribution is -2.55. The fourth-order valence-electron chi connectivity index (χ4n) is 4.10. The minimum atomic E-state index is -1.13. The number of carbonyl (C=O) groups is 1. The highest BCUT2D eigenvalue weighted by Crippen LogP contribution is 2.27. The zero-order valence-corrected chi connectivity index (χ0v) is 18.4.